The number of nitrogens with one attached hydrogen (secondary N) is 1. The number of anilines is 1. The highest BCUT2D eigenvalue weighted by atomic mass is 19.1. The molecule has 1 amide bonds. The first-order chi connectivity index (χ1) is 10.1. The number of amides is 1. The number of benzene rings is 2. The Morgan fingerprint density at radius 2 is 1.86 bits per heavy atom. The maximum atomic E-state index is 13.5. The molecule has 4 heteroatoms. The number of aryl methyl sites for hydroxylation is 1. The molecule has 2 aromatic rings. The summed E-state index contributed by atoms with van der Waals surface area (Å²) >= 11 is 0. The van der Waals surface area contributed by atoms with Gasteiger partial charge in [0.1, 0.15) is 11.6 Å². The lowest BCUT2D eigenvalue weighted by atomic mass is 10.2. The summed E-state index contributed by atoms with van der Waals surface area (Å²) in [6, 6.07) is 13.6. The van der Waals surface area contributed by atoms with Crippen LogP contribution in [0, 0.1) is 5.82 Å². The van der Waals surface area contributed by atoms with E-state index in [1.54, 1.807) is 19.1 Å². The van der Waals surface area contributed by atoms with E-state index in [2.05, 4.69) is 12.2 Å². The van der Waals surface area contributed by atoms with E-state index < -0.39 is 11.9 Å². The van der Waals surface area contributed by atoms with Crippen LogP contribution in [0.4, 0.5) is 10.1 Å². The zero-order valence-electron chi connectivity index (χ0n) is 12.1. The Kier molecular flexibility index (Phi) is 4.93. The molecular weight excluding hydrogens is 269 g/mol. The number of ether oxygens (including phenoxy) is 1. The third-order valence-corrected chi connectivity index (χ3v) is 3.15. The second kappa shape index (κ2) is 6.88. The summed E-state index contributed by atoms with van der Waals surface area (Å²) in [6.45, 7) is 3.70. The van der Waals surface area contributed by atoms with Crippen LogP contribution in [0.3, 0.4) is 0 Å². The lowest BCUT2D eigenvalue weighted by molar-refractivity contribution is -0.122. The van der Waals surface area contributed by atoms with Gasteiger partial charge in [0.15, 0.2) is 6.10 Å². The smallest absolute Gasteiger partial charge is 0.265 e. The SMILES string of the molecule is CCc1ccc(O[C@H](C)C(=O)Nc2ccccc2F)cc1. The second-order valence-corrected chi connectivity index (χ2v) is 4.73. The number of hydrogen-bond acceptors (Lipinski definition) is 2. The summed E-state index contributed by atoms with van der Waals surface area (Å²) in [5.41, 5.74) is 1.35. The summed E-state index contributed by atoms with van der Waals surface area (Å²) in [5, 5.41) is 2.51. The van der Waals surface area contributed by atoms with Crippen molar-refractivity contribution in [2.45, 2.75) is 26.4 Å². The van der Waals surface area contributed by atoms with Gasteiger partial charge in [-0.1, -0.05) is 31.2 Å². The van der Waals surface area contributed by atoms with Crippen LogP contribution in [0.25, 0.3) is 0 Å². The first-order valence-corrected chi connectivity index (χ1v) is 6.91. The van der Waals surface area contributed by atoms with Crippen LogP contribution in [0.5, 0.6) is 5.75 Å². The average molecular weight is 287 g/mol. The van der Waals surface area contributed by atoms with Gasteiger partial charge in [-0.15, -0.1) is 0 Å². The molecule has 0 saturated heterocycles. The zero-order valence-corrected chi connectivity index (χ0v) is 12.1. The van der Waals surface area contributed by atoms with Crippen LogP contribution in [-0.4, -0.2) is 12.0 Å². The van der Waals surface area contributed by atoms with Crippen molar-refractivity contribution in [1.82, 2.24) is 0 Å². The van der Waals surface area contributed by atoms with E-state index in [1.807, 2.05) is 24.3 Å². The van der Waals surface area contributed by atoms with Gasteiger partial charge in [0.05, 0.1) is 5.69 Å². The molecule has 0 fully saturated rings. The number of halogens is 1. The molecule has 0 bridgehead atoms. The van der Waals surface area contributed by atoms with Gasteiger partial charge < -0.3 is 10.1 Å². The van der Waals surface area contributed by atoms with E-state index in [1.165, 1.54) is 17.7 Å². The fourth-order valence-corrected chi connectivity index (χ4v) is 1.86. The number of para-hydroxylation sites is 1. The molecule has 1 N–H and O–H groups in total. The Morgan fingerprint density at radius 3 is 2.48 bits per heavy atom. The van der Waals surface area contributed by atoms with E-state index in [4.69, 9.17) is 4.74 Å². The Bertz CT molecular complexity index is 610. The standard InChI is InChI=1S/C17H18FNO2/c1-3-13-8-10-14(11-9-13)21-12(2)17(20)19-16-7-5-4-6-15(16)18/h4-12H,3H2,1-2H3,(H,19,20)/t12-/m1/s1. The van der Waals surface area contributed by atoms with Crippen molar-refractivity contribution in [1.29, 1.82) is 0 Å². The van der Waals surface area contributed by atoms with Crippen molar-refractivity contribution in [2.75, 3.05) is 5.32 Å². The molecule has 0 aliphatic heterocycles. The van der Waals surface area contributed by atoms with E-state index in [0.29, 0.717) is 5.75 Å². The Balaban J connectivity index is 1.97. The predicted octanol–water partition coefficient (Wildman–Crippen LogP) is 3.79. The highest BCUT2D eigenvalue weighted by Crippen LogP contribution is 2.16. The molecule has 2 aromatic carbocycles. The molecule has 110 valence electrons. The minimum atomic E-state index is -0.711. The van der Waals surface area contributed by atoms with Crippen molar-refractivity contribution in [3.63, 3.8) is 0 Å². The molecule has 0 aliphatic rings. The average Bonchev–Trinajstić information content (AvgIpc) is 2.50. The number of rotatable bonds is 5. The first kappa shape index (κ1) is 15.0. The molecule has 0 radical (unpaired) electrons. The van der Waals surface area contributed by atoms with E-state index in [9.17, 15) is 9.18 Å². The van der Waals surface area contributed by atoms with Crippen molar-refractivity contribution < 1.29 is 13.9 Å². The van der Waals surface area contributed by atoms with Crippen LogP contribution in [-0.2, 0) is 11.2 Å². The minimum absolute atomic E-state index is 0.152. The van der Waals surface area contributed by atoms with Gasteiger partial charge in [-0.3, -0.25) is 4.79 Å². The van der Waals surface area contributed by atoms with Gasteiger partial charge in [-0.05, 0) is 43.2 Å². The molecular formula is C17H18FNO2. The van der Waals surface area contributed by atoms with Gasteiger partial charge in [0.2, 0.25) is 0 Å². The zero-order chi connectivity index (χ0) is 15.2. The van der Waals surface area contributed by atoms with Gasteiger partial charge in [0, 0.05) is 0 Å². The Morgan fingerprint density at radius 1 is 1.19 bits per heavy atom. The van der Waals surface area contributed by atoms with E-state index >= 15 is 0 Å². The summed E-state index contributed by atoms with van der Waals surface area (Å²) in [6.07, 6.45) is 0.237. The van der Waals surface area contributed by atoms with Gasteiger partial charge in [-0.2, -0.15) is 0 Å². The van der Waals surface area contributed by atoms with Crippen LogP contribution >= 0.6 is 0 Å². The predicted molar refractivity (Wildman–Crippen MR) is 80.9 cm³/mol. The molecule has 0 aromatic heterocycles. The minimum Gasteiger partial charge on any atom is -0.481 e. The van der Waals surface area contributed by atoms with Crippen molar-refractivity contribution in [3.05, 3.63) is 59.9 Å². The summed E-state index contributed by atoms with van der Waals surface area (Å²) in [5.74, 6) is -0.242. The summed E-state index contributed by atoms with van der Waals surface area (Å²) in [7, 11) is 0. The van der Waals surface area contributed by atoms with Gasteiger partial charge >= 0.3 is 0 Å². The van der Waals surface area contributed by atoms with Crippen molar-refractivity contribution >= 4 is 11.6 Å². The normalized spacial score (nSPS) is 11.8. The fraction of sp³-hybridized carbons (Fsp3) is 0.235. The van der Waals surface area contributed by atoms with Crippen molar-refractivity contribution in [2.24, 2.45) is 0 Å². The van der Waals surface area contributed by atoms with Crippen LogP contribution < -0.4 is 10.1 Å². The third-order valence-electron chi connectivity index (χ3n) is 3.15. The fourth-order valence-electron chi connectivity index (χ4n) is 1.86. The van der Waals surface area contributed by atoms with Crippen LogP contribution in [0.15, 0.2) is 48.5 Å². The molecule has 2 rings (SSSR count). The van der Waals surface area contributed by atoms with Gasteiger partial charge in [-0.25, -0.2) is 4.39 Å². The summed E-state index contributed by atoms with van der Waals surface area (Å²) in [4.78, 5) is 12.0. The summed E-state index contributed by atoms with van der Waals surface area (Å²) < 4.78 is 19.0. The third kappa shape index (κ3) is 4.05. The largest absolute Gasteiger partial charge is 0.481 e. The number of hydrogen-bond donors (Lipinski definition) is 1. The molecule has 0 aliphatic carbocycles. The molecule has 0 heterocycles. The second-order valence-electron chi connectivity index (χ2n) is 4.73. The molecule has 3 nitrogen and oxygen atoms in total. The van der Waals surface area contributed by atoms with Gasteiger partial charge in [0.25, 0.3) is 5.91 Å². The maximum Gasteiger partial charge on any atom is 0.265 e. The molecule has 0 saturated carbocycles. The Hall–Kier alpha value is -2.36. The Labute approximate surface area is 123 Å². The molecule has 1 atom stereocenters. The maximum absolute atomic E-state index is 13.5. The number of carbonyl (C=O) groups excluding carboxylic acids is 1. The molecule has 0 spiro atoms. The van der Waals surface area contributed by atoms with Crippen LogP contribution in [0.1, 0.15) is 19.4 Å². The topological polar surface area (TPSA) is 38.3 Å². The molecule has 0 unspecified atom stereocenters. The highest BCUT2D eigenvalue weighted by molar-refractivity contribution is 5.94. The quantitative estimate of drug-likeness (QED) is 0.908. The van der Waals surface area contributed by atoms with Crippen LogP contribution in [0.2, 0.25) is 0 Å². The highest BCUT2D eigenvalue weighted by Gasteiger charge is 2.16. The van der Waals surface area contributed by atoms with E-state index in [0.717, 1.165) is 6.42 Å². The van der Waals surface area contributed by atoms with Crippen molar-refractivity contribution in [3.8, 4) is 5.75 Å². The molecule has 21 heavy (non-hydrogen) atoms. The first-order valence-electron chi connectivity index (χ1n) is 6.91. The number of carbonyl (C=O) groups is 1. The monoisotopic (exact) mass is 287 g/mol. The lowest BCUT2D eigenvalue weighted by Crippen LogP contribution is -2.30. The lowest BCUT2D eigenvalue weighted by Gasteiger charge is -2.15. The van der Waals surface area contributed by atoms with E-state index in [-0.39, 0.29) is 11.6 Å².